The first kappa shape index (κ1) is 23.6. The van der Waals surface area contributed by atoms with Crippen LogP contribution in [0.4, 0.5) is 5.82 Å². The van der Waals surface area contributed by atoms with Crippen molar-refractivity contribution in [3.63, 3.8) is 0 Å². The van der Waals surface area contributed by atoms with Gasteiger partial charge in [0.2, 0.25) is 15.8 Å². The summed E-state index contributed by atoms with van der Waals surface area (Å²) in [4.78, 5) is 0. The highest BCUT2D eigenvalue weighted by Crippen LogP contribution is 2.26. The van der Waals surface area contributed by atoms with Crippen molar-refractivity contribution >= 4 is 48.9 Å². The SMILES string of the molecule is COCCCS(=O)(=O)c1cc(OC)c(NS(=O)(=O)Cc2cc(Cl)cc(Cl)c2)nn1. The van der Waals surface area contributed by atoms with Crippen molar-refractivity contribution in [3.8, 4) is 5.75 Å². The molecule has 0 amide bonds. The largest absolute Gasteiger partial charge is 0.493 e. The number of benzene rings is 1. The summed E-state index contributed by atoms with van der Waals surface area (Å²) >= 11 is 11.8. The van der Waals surface area contributed by atoms with Crippen LogP contribution in [-0.4, -0.2) is 53.6 Å². The van der Waals surface area contributed by atoms with E-state index in [4.69, 9.17) is 32.7 Å². The van der Waals surface area contributed by atoms with Crippen LogP contribution in [0, 0.1) is 0 Å². The Hall–Kier alpha value is -1.66. The number of sulfone groups is 1. The van der Waals surface area contributed by atoms with Gasteiger partial charge in [-0.15, -0.1) is 10.2 Å². The van der Waals surface area contributed by atoms with Crippen LogP contribution in [0.1, 0.15) is 12.0 Å². The molecular weight excluding hydrogens is 465 g/mol. The topological polar surface area (TPSA) is 125 Å². The highest BCUT2D eigenvalue weighted by Gasteiger charge is 2.22. The van der Waals surface area contributed by atoms with E-state index in [0.717, 1.165) is 6.07 Å². The summed E-state index contributed by atoms with van der Waals surface area (Å²) in [6.45, 7) is 0.273. The molecule has 0 bridgehead atoms. The van der Waals surface area contributed by atoms with Crippen molar-refractivity contribution in [1.29, 1.82) is 0 Å². The number of anilines is 1. The molecular formula is C16H19Cl2N3O6S2. The van der Waals surface area contributed by atoms with Crippen LogP contribution in [-0.2, 0) is 30.4 Å². The average Bonchev–Trinajstić information content (AvgIpc) is 2.60. The van der Waals surface area contributed by atoms with E-state index in [0.29, 0.717) is 15.6 Å². The summed E-state index contributed by atoms with van der Waals surface area (Å²) in [5.74, 6) is -0.955. The van der Waals surface area contributed by atoms with Gasteiger partial charge in [-0.05, 0) is 30.2 Å². The maximum absolute atomic E-state index is 12.5. The van der Waals surface area contributed by atoms with Gasteiger partial charge < -0.3 is 9.47 Å². The van der Waals surface area contributed by atoms with Gasteiger partial charge in [0.1, 0.15) is 0 Å². The third kappa shape index (κ3) is 6.96. The maximum Gasteiger partial charge on any atom is 0.238 e. The van der Waals surface area contributed by atoms with E-state index < -0.39 is 25.6 Å². The lowest BCUT2D eigenvalue weighted by Gasteiger charge is -2.12. The Labute approximate surface area is 179 Å². The van der Waals surface area contributed by atoms with Gasteiger partial charge in [0, 0.05) is 29.8 Å². The standard InChI is InChI=1S/C16H19Cl2N3O6S2/c1-26-4-3-5-28(22,23)15-9-14(27-2)16(20-19-15)21-29(24,25)10-11-6-12(17)8-13(18)7-11/h6-9H,3-5,10H2,1-2H3,(H,20,21). The Morgan fingerprint density at radius 3 is 2.24 bits per heavy atom. The second-order valence-electron chi connectivity index (χ2n) is 5.90. The fourth-order valence-electron chi connectivity index (χ4n) is 2.33. The third-order valence-corrected chi connectivity index (χ3v) is 6.88. The summed E-state index contributed by atoms with van der Waals surface area (Å²) in [7, 11) is -4.94. The van der Waals surface area contributed by atoms with Gasteiger partial charge in [0.15, 0.2) is 20.6 Å². The minimum Gasteiger partial charge on any atom is -0.493 e. The van der Waals surface area contributed by atoms with Crippen LogP contribution in [0.3, 0.4) is 0 Å². The molecule has 0 aliphatic carbocycles. The van der Waals surface area contributed by atoms with Gasteiger partial charge in [-0.25, -0.2) is 16.8 Å². The van der Waals surface area contributed by atoms with Gasteiger partial charge in [-0.1, -0.05) is 23.2 Å². The molecule has 0 radical (unpaired) electrons. The average molecular weight is 484 g/mol. The van der Waals surface area contributed by atoms with E-state index in [9.17, 15) is 16.8 Å². The molecule has 0 unspecified atom stereocenters. The van der Waals surface area contributed by atoms with Crippen molar-refractivity contribution < 1.29 is 26.3 Å². The Kier molecular flexibility index (Phi) is 8.06. The van der Waals surface area contributed by atoms with Crippen molar-refractivity contribution in [2.45, 2.75) is 17.2 Å². The maximum atomic E-state index is 12.5. The van der Waals surface area contributed by atoms with E-state index in [1.165, 1.54) is 32.4 Å². The number of methoxy groups -OCH3 is 2. The second-order valence-corrected chi connectivity index (χ2v) is 10.6. The van der Waals surface area contributed by atoms with E-state index >= 15 is 0 Å². The fraction of sp³-hybridized carbons (Fsp3) is 0.375. The quantitative estimate of drug-likeness (QED) is 0.511. The molecule has 1 N–H and O–H groups in total. The molecule has 1 aromatic carbocycles. The predicted octanol–water partition coefficient (Wildman–Crippen LogP) is 2.54. The Bertz CT molecular complexity index is 1060. The first-order chi connectivity index (χ1) is 13.6. The smallest absolute Gasteiger partial charge is 0.238 e. The number of aromatic nitrogens is 2. The third-order valence-electron chi connectivity index (χ3n) is 3.57. The molecule has 0 fully saturated rings. The second kappa shape index (κ2) is 9.90. The van der Waals surface area contributed by atoms with Crippen molar-refractivity contribution in [1.82, 2.24) is 10.2 Å². The van der Waals surface area contributed by atoms with Gasteiger partial charge in [0.05, 0.1) is 18.6 Å². The number of hydrogen-bond donors (Lipinski definition) is 1. The lowest BCUT2D eigenvalue weighted by molar-refractivity contribution is 0.199. The summed E-state index contributed by atoms with van der Waals surface area (Å²) in [6.07, 6.45) is 0.277. The number of halogens is 2. The molecule has 0 spiro atoms. The Balaban J connectivity index is 2.23. The molecule has 0 aliphatic heterocycles. The van der Waals surface area contributed by atoms with Gasteiger partial charge in [-0.3, -0.25) is 4.72 Å². The molecule has 9 nitrogen and oxygen atoms in total. The number of sulfonamides is 1. The van der Waals surface area contributed by atoms with E-state index in [1.54, 1.807) is 0 Å². The van der Waals surface area contributed by atoms with Crippen LogP contribution in [0.5, 0.6) is 5.75 Å². The zero-order valence-corrected chi connectivity index (χ0v) is 18.7. The molecule has 1 aromatic heterocycles. The zero-order chi connectivity index (χ0) is 21.7. The first-order valence-corrected chi connectivity index (χ1v) is 12.2. The zero-order valence-electron chi connectivity index (χ0n) is 15.6. The summed E-state index contributed by atoms with van der Waals surface area (Å²) in [6, 6.07) is 5.52. The molecule has 0 saturated heterocycles. The minimum atomic E-state index is -3.94. The normalized spacial score (nSPS) is 12.0. The summed E-state index contributed by atoms with van der Waals surface area (Å²) < 4.78 is 61.7. The van der Waals surface area contributed by atoms with Crippen molar-refractivity contribution in [3.05, 3.63) is 39.9 Å². The molecule has 2 rings (SSSR count). The number of nitrogens with one attached hydrogen (secondary N) is 1. The molecule has 1 heterocycles. The van der Waals surface area contributed by atoms with Gasteiger partial charge in [-0.2, -0.15) is 0 Å². The van der Waals surface area contributed by atoms with Crippen LogP contribution < -0.4 is 9.46 Å². The lowest BCUT2D eigenvalue weighted by atomic mass is 10.2. The minimum absolute atomic E-state index is 0.0852. The molecule has 2 aromatic rings. The monoisotopic (exact) mass is 483 g/mol. The molecule has 0 atom stereocenters. The number of rotatable bonds is 10. The number of hydrogen-bond acceptors (Lipinski definition) is 8. The molecule has 0 saturated carbocycles. The predicted molar refractivity (Wildman–Crippen MR) is 110 cm³/mol. The lowest BCUT2D eigenvalue weighted by Crippen LogP contribution is -2.18. The van der Waals surface area contributed by atoms with Crippen LogP contribution in [0.2, 0.25) is 10.0 Å². The van der Waals surface area contributed by atoms with Gasteiger partial charge in [0.25, 0.3) is 0 Å². The molecule has 160 valence electrons. The molecule has 0 aliphatic rings. The van der Waals surface area contributed by atoms with Gasteiger partial charge >= 0.3 is 0 Å². The van der Waals surface area contributed by atoms with Crippen LogP contribution >= 0.6 is 23.2 Å². The van der Waals surface area contributed by atoms with E-state index in [-0.39, 0.29) is 35.4 Å². The van der Waals surface area contributed by atoms with E-state index in [1.807, 2.05) is 0 Å². The highest BCUT2D eigenvalue weighted by molar-refractivity contribution is 7.92. The van der Waals surface area contributed by atoms with Crippen LogP contribution in [0.25, 0.3) is 0 Å². The molecule has 29 heavy (non-hydrogen) atoms. The summed E-state index contributed by atoms with van der Waals surface area (Å²) in [5, 5.41) is 7.57. The fourth-order valence-corrected chi connectivity index (χ4v) is 5.17. The number of ether oxygens (including phenoxy) is 2. The summed E-state index contributed by atoms with van der Waals surface area (Å²) in [5.41, 5.74) is 0.360. The molecule has 13 heteroatoms. The number of nitrogens with zero attached hydrogens (tertiary/aromatic N) is 2. The Morgan fingerprint density at radius 2 is 1.66 bits per heavy atom. The van der Waals surface area contributed by atoms with Crippen molar-refractivity contribution in [2.24, 2.45) is 0 Å². The Morgan fingerprint density at radius 1 is 1.00 bits per heavy atom. The van der Waals surface area contributed by atoms with Crippen molar-refractivity contribution in [2.75, 3.05) is 31.3 Å². The van der Waals surface area contributed by atoms with Crippen LogP contribution in [0.15, 0.2) is 29.3 Å². The van der Waals surface area contributed by atoms with E-state index in [2.05, 4.69) is 14.9 Å². The highest BCUT2D eigenvalue weighted by atomic mass is 35.5. The first-order valence-electron chi connectivity index (χ1n) is 8.15.